The van der Waals surface area contributed by atoms with Crippen LogP contribution in [-0.4, -0.2) is 38.9 Å². The van der Waals surface area contributed by atoms with Crippen LogP contribution in [-0.2, 0) is 11.3 Å². The van der Waals surface area contributed by atoms with E-state index in [0.29, 0.717) is 25.3 Å². The van der Waals surface area contributed by atoms with E-state index >= 15 is 0 Å². The summed E-state index contributed by atoms with van der Waals surface area (Å²) in [5.74, 6) is -0.242. The summed E-state index contributed by atoms with van der Waals surface area (Å²) in [6.07, 6.45) is 4.78. The zero-order valence-electron chi connectivity index (χ0n) is 15.6. The third kappa shape index (κ3) is 6.28. The molecular formula is C20H20N6O3. The maximum absolute atomic E-state index is 11.9. The van der Waals surface area contributed by atoms with Crippen molar-refractivity contribution in [2.24, 2.45) is 0 Å². The lowest BCUT2D eigenvalue weighted by molar-refractivity contribution is -0.384. The van der Waals surface area contributed by atoms with E-state index in [-0.39, 0.29) is 11.6 Å². The van der Waals surface area contributed by atoms with Gasteiger partial charge in [-0.1, -0.05) is 35.5 Å². The minimum Gasteiger partial charge on any atom is -0.383 e. The highest BCUT2D eigenvalue weighted by Gasteiger charge is 2.03. The van der Waals surface area contributed by atoms with Crippen molar-refractivity contribution in [3.8, 4) is 0 Å². The third-order valence-electron chi connectivity index (χ3n) is 3.98. The summed E-state index contributed by atoms with van der Waals surface area (Å²) in [7, 11) is 0. The quantitative estimate of drug-likeness (QED) is 0.250. The first-order valence-corrected chi connectivity index (χ1v) is 8.98. The second-order valence-corrected chi connectivity index (χ2v) is 6.18. The fraction of sp³-hybridized carbons (Fsp3) is 0.150. The molecule has 0 bridgehead atoms. The molecule has 0 spiro atoms. The minimum atomic E-state index is -0.448. The zero-order valence-corrected chi connectivity index (χ0v) is 15.6. The number of nitro groups is 1. The number of non-ortho nitro benzene ring substituents is 1. The Morgan fingerprint density at radius 3 is 2.59 bits per heavy atom. The fourth-order valence-corrected chi connectivity index (χ4v) is 2.55. The van der Waals surface area contributed by atoms with Crippen molar-refractivity contribution in [1.29, 1.82) is 0 Å². The van der Waals surface area contributed by atoms with Crippen molar-refractivity contribution in [2.45, 2.75) is 6.54 Å². The highest BCUT2D eigenvalue weighted by molar-refractivity contribution is 5.91. The van der Waals surface area contributed by atoms with Gasteiger partial charge in [-0.3, -0.25) is 14.9 Å². The minimum absolute atomic E-state index is 0.0368. The van der Waals surface area contributed by atoms with Crippen LogP contribution in [0.25, 0.3) is 6.08 Å². The molecule has 0 saturated heterocycles. The predicted molar refractivity (Wildman–Crippen MR) is 109 cm³/mol. The van der Waals surface area contributed by atoms with Crippen LogP contribution in [0, 0.1) is 10.1 Å². The smallest absolute Gasteiger partial charge is 0.269 e. The van der Waals surface area contributed by atoms with Gasteiger partial charge in [-0.2, -0.15) is 0 Å². The Balaban J connectivity index is 1.39. The molecular weight excluding hydrogens is 372 g/mol. The Hall–Kier alpha value is -4.01. The van der Waals surface area contributed by atoms with Crippen LogP contribution in [0.2, 0.25) is 0 Å². The number of carbonyl (C=O) groups is 1. The van der Waals surface area contributed by atoms with Crippen LogP contribution in [0.5, 0.6) is 0 Å². The molecule has 2 aromatic carbocycles. The molecule has 0 unspecified atom stereocenters. The molecule has 1 aromatic heterocycles. The summed E-state index contributed by atoms with van der Waals surface area (Å²) < 4.78 is 1.71. The van der Waals surface area contributed by atoms with Crippen molar-refractivity contribution in [3.63, 3.8) is 0 Å². The van der Waals surface area contributed by atoms with E-state index in [1.807, 2.05) is 30.3 Å². The Kier molecular flexibility index (Phi) is 6.66. The van der Waals surface area contributed by atoms with Gasteiger partial charge in [0, 0.05) is 37.0 Å². The van der Waals surface area contributed by atoms with Gasteiger partial charge in [0.2, 0.25) is 5.91 Å². The van der Waals surface area contributed by atoms with E-state index < -0.39 is 4.92 Å². The zero-order chi connectivity index (χ0) is 20.5. The normalized spacial score (nSPS) is 10.8. The summed E-state index contributed by atoms with van der Waals surface area (Å²) in [4.78, 5) is 22.1. The molecule has 0 aliphatic carbocycles. The summed E-state index contributed by atoms with van der Waals surface area (Å²) in [6.45, 7) is 1.51. The van der Waals surface area contributed by atoms with Crippen LogP contribution in [0.4, 0.5) is 11.4 Å². The number of nitrogens with one attached hydrogen (secondary N) is 2. The van der Waals surface area contributed by atoms with Gasteiger partial charge in [0.05, 0.1) is 17.7 Å². The van der Waals surface area contributed by atoms with E-state index in [2.05, 4.69) is 20.9 Å². The Labute approximate surface area is 167 Å². The van der Waals surface area contributed by atoms with E-state index in [9.17, 15) is 14.9 Å². The number of amides is 1. The molecule has 0 aliphatic rings. The molecule has 0 saturated carbocycles. The molecule has 2 N–H and O–H groups in total. The number of rotatable bonds is 9. The Bertz CT molecular complexity index is 983. The number of nitro benzene ring substituents is 1. The van der Waals surface area contributed by atoms with Crippen LogP contribution in [0.3, 0.4) is 0 Å². The molecule has 29 heavy (non-hydrogen) atoms. The van der Waals surface area contributed by atoms with E-state index in [1.165, 1.54) is 18.2 Å². The van der Waals surface area contributed by atoms with Gasteiger partial charge in [0.25, 0.3) is 5.69 Å². The molecule has 3 rings (SSSR count). The second-order valence-electron chi connectivity index (χ2n) is 6.18. The average Bonchev–Trinajstić information content (AvgIpc) is 3.18. The number of nitrogens with zero attached hydrogens (tertiary/aromatic N) is 4. The topological polar surface area (TPSA) is 115 Å². The lowest BCUT2D eigenvalue weighted by atomic mass is 10.2. The van der Waals surface area contributed by atoms with Gasteiger partial charge in [0.1, 0.15) is 5.69 Å². The number of benzene rings is 2. The van der Waals surface area contributed by atoms with Crippen LogP contribution in [0.15, 0.2) is 66.9 Å². The van der Waals surface area contributed by atoms with E-state index in [0.717, 1.165) is 11.3 Å². The molecule has 0 aliphatic heterocycles. The van der Waals surface area contributed by atoms with Crippen LogP contribution >= 0.6 is 0 Å². The van der Waals surface area contributed by atoms with Gasteiger partial charge in [-0.15, -0.1) is 5.10 Å². The van der Waals surface area contributed by atoms with E-state index in [4.69, 9.17) is 0 Å². The number of anilines is 1. The standard InChI is InChI=1S/C20H20N6O3/c27-20(22-13-12-21-17-6-9-19(10-7-17)26(28)29)11-8-18-15-25(24-23-18)14-16-4-2-1-3-5-16/h1-11,15,21H,12-14H2,(H,22,27)/b11-8+. The summed E-state index contributed by atoms with van der Waals surface area (Å²) in [6, 6.07) is 16.0. The van der Waals surface area contributed by atoms with Gasteiger partial charge in [-0.25, -0.2) is 4.68 Å². The number of hydrogen-bond acceptors (Lipinski definition) is 6. The van der Waals surface area contributed by atoms with Gasteiger partial charge >= 0.3 is 0 Å². The lowest BCUT2D eigenvalue weighted by Crippen LogP contribution is -2.27. The molecule has 1 heterocycles. The van der Waals surface area contributed by atoms with Gasteiger partial charge in [-0.05, 0) is 23.8 Å². The largest absolute Gasteiger partial charge is 0.383 e. The molecule has 9 heteroatoms. The van der Waals surface area contributed by atoms with Gasteiger partial charge < -0.3 is 10.6 Å². The number of hydrogen-bond donors (Lipinski definition) is 2. The molecule has 0 atom stereocenters. The predicted octanol–water partition coefficient (Wildman–Crippen LogP) is 2.48. The molecule has 1 amide bonds. The monoisotopic (exact) mass is 392 g/mol. The SMILES string of the molecule is O=C(/C=C/c1cn(Cc2ccccc2)nn1)NCCNc1ccc([N+](=O)[O-])cc1. The molecule has 9 nitrogen and oxygen atoms in total. The first kappa shape index (κ1) is 19.7. The molecule has 3 aromatic rings. The van der Waals surface area contributed by atoms with Gasteiger partial charge in [0.15, 0.2) is 0 Å². The summed E-state index contributed by atoms with van der Waals surface area (Å²) >= 11 is 0. The summed E-state index contributed by atoms with van der Waals surface area (Å²) in [5, 5.41) is 24.5. The Morgan fingerprint density at radius 2 is 1.86 bits per heavy atom. The summed E-state index contributed by atoms with van der Waals surface area (Å²) in [5.41, 5.74) is 2.50. The van der Waals surface area contributed by atoms with E-state index in [1.54, 1.807) is 29.1 Å². The highest BCUT2D eigenvalue weighted by atomic mass is 16.6. The van der Waals surface area contributed by atoms with Crippen molar-refractivity contribution in [2.75, 3.05) is 18.4 Å². The third-order valence-corrected chi connectivity index (χ3v) is 3.98. The number of carbonyl (C=O) groups excluding carboxylic acids is 1. The maximum Gasteiger partial charge on any atom is 0.269 e. The molecule has 148 valence electrons. The highest BCUT2D eigenvalue weighted by Crippen LogP contribution is 2.14. The fourth-order valence-electron chi connectivity index (χ4n) is 2.55. The second kappa shape index (κ2) is 9.79. The first-order chi connectivity index (χ1) is 14.1. The van der Waals surface area contributed by atoms with Crippen LogP contribution in [0.1, 0.15) is 11.3 Å². The van der Waals surface area contributed by atoms with Crippen molar-refractivity contribution >= 4 is 23.4 Å². The lowest BCUT2D eigenvalue weighted by Gasteiger charge is -2.06. The molecule has 0 fully saturated rings. The van der Waals surface area contributed by atoms with Crippen LogP contribution < -0.4 is 10.6 Å². The average molecular weight is 392 g/mol. The first-order valence-electron chi connectivity index (χ1n) is 8.98. The van der Waals surface area contributed by atoms with Crippen molar-refractivity contribution < 1.29 is 9.72 Å². The molecule has 0 radical (unpaired) electrons. The maximum atomic E-state index is 11.9. The Morgan fingerprint density at radius 1 is 1.10 bits per heavy atom. The number of aromatic nitrogens is 3. The van der Waals surface area contributed by atoms with Crippen molar-refractivity contribution in [1.82, 2.24) is 20.3 Å². The van der Waals surface area contributed by atoms with Crippen molar-refractivity contribution in [3.05, 3.63) is 88.2 Å².